The maximum Gasteiger partial charge on any atom is 0.416 e. The van der Waals surface area contributed by atoms with E-state index in [0.717, 1.165) is 0 Å². The third-order valence-corrected chi connectivity index (χ3v) is 4.09. The maximum absolute atomic E-state index is 13.3. The summed E-state index contributed by atoms with van der Waals surface area (Å²) in [4.78, 5) is 13.1. The van der Waals surface area contributed by atoms with Crippen molar-refractivity contribution in [3.8, 4) is 0 Å². The van der Waals surface area contributed by atoms with Gasteiger partial charge in [0.15, 0.2) is 8.90 Å². The van der Waals surface area contributed by atoms with E-state index in [1.807, 2.05) is 0 Å². The van der Waals surface area contributed by atoms with Gasteiger partial charge < -0.3 is 14.6 Å². The number of carbonyl (C=O) groups is 1. The molecular formula is C18H14F3NO5S. The fourth-order valence-electron chi connectivity index (χ4n) is 1.88. The Labute approximate surface area is 175 Å². The van der Waals surface area contributed by atoms with Gasteiger partial charge in [-0.15, -0.1) is 0 Å². The van der Waals surface area contributed by atoms with E-state index >= 15 is 0 Å². The fourth-order valence-corrected chi connectivity index (χ4v) is 2.83. The molecule has 10 heteroatoms. The van der Waals surface area contributed by atoms with E-state index < -0.39 is 122 Å². The van der Waals surface area contributed by atoms with Crippen molar-refractivity contribution >= 4 is 15.9 Å². The Balaban J connectivity index is 2.13. The molecule has 0 aliphatic carbocycles. The smallest absolute Gasteiger partial charge is 0.416 e. The number of ketones is 1. The summed E-state index contributed by atoms with van der Waals surface area (Å²) in [6, 6.07) is -11.1. The number of alkyl halides is 3. The van der Waals surface area contributed by atoms with Crippen LogP contribution >= 0.6 is 0 Å². The van der Waals surface area contributed by atoms with Gasteiger partial charge in [0.05, 0.1) is 19.3 Å². The van der Waals surface area contributed by atoms with Crippen LogP contribution in [-0.4, -0.2) is 14.2 Å². The summed E-state index contributed by atoms with van der Waals surface area (Å²) in [5, 5.41) is 0. The normalized spacial score (nSPS) is 26.0. The first kappa shape index (κ1) is 9.46. The number of hydrogen-bond acceptors (Lipinski definition) is 6. The van der Waals surface area contributed by atoms with Gasteiger partial charge in [-0.3, -0.25) is 4.79 Å². The van der Waals surface area contributed by atoms with E-state index in [2.05, 4.69) is 4.18 Å². The minimum absolute atomic E-state index is 0.579. The van der Waals surface area contributed by atoms with Crippen LogP contribution in [0.4, 0.5) is 13.2 Å². The van der Waals surface area contributed by atoms with Crippen LogP contribution in [0.3, 0.4) is 0 Å². The molecule has 0 amide bonds. The summed E-state index contributed by atoms with van der Waals surface area (Å²) in [6.07, 6.45) is -8.95. The highest BCUT2D eigenvalue weighted by Gasteiger charge is 2.40. The summed E-state index contributed by atoms with van der Waals surface area (Å²) in [5.41, 5.74) is -4.84. The zero-order valence-corrected chi connectivity index (χ0v) is 14.1. The van der Waals surface area contributed by atoms with Gasteiger partial charge in [0.2, 0.25) is 17.4 Å². The van der Waals surface area contributed by atoms with Gasteiger partial charge in [0.25, 0.3) is 0 Å². The van der Waals surface area contributed by atoms with Crippen molar-refractivity contribution in [2.45, 2.75) is 18.0 Å². The van der Waals surface area contributed by atoms with E-state index in [0.29, 0.717) is 0 Å². The SMILES string of the molecule is [2H]c1c([2H])c([2H])c(CS(=O)(=O)OC2=C(N([2H])[2H])O[C@@]([2H])(c3c([2H])c([2H])c(C(F)(F)F)c([2H])c3[2H])C2=O)c([2H])c1[2H]. The third kappa shape index (κ3) is 4.28. The molecule has 2 aromatic rings. The van der Waals surface area contributed by atoms with Crippen LogP contribution in [0.15, 0.2) is 66.0 Å². The van der Waals surface area contributed by atoms with Crippen molar-refractivity contribution in [3.63, 3.8) is 0 Å². The van der Waals surface area contributed by atoms with Crippen LogP contribution in [0.5, 0.6) is 0 Å². The molecule has 148 valence electrons. The second kappa shape index (κ2) is 7.19. The number of hydrogen-bond donors (Lipinski definition) is 1. The standard InChI is InChI=1S/C18H14F3NO5S/c19-18(20,21)13-8-6-12(7-9-13)15-14(23)16(17(22)26-15)27-28(24,25)10-11-4-2-1-3-5-11/h1-9,15H,10,22H2/t15-/m0/s1/i1D,2D,3D,4D,5D,6D,7D,8D,9D,15D/hD2. The molecule has 6 nitrogen and oxygen atoms in total. The van der Waals surface area contributed by atoms with Crippen molar-refractivity contribution in [2.75, 3.05) is 0 Å². The zero-order chi connectivity index (χ0) is 30.9. The predicted molar refractivity (Wildman–Crippen MR) is 91.6 cm³/mol. The number of Topliss-reactive ketones (excluding diaryl/α,β-unsaturated/α-hetero) is 1. The topological polar surface area (TPSA) is 95.7 Å². The Morgan fingerprint density at radius 3 is 2.39 bits per heavy atom. The van der Waals surface area contributed by atoms with Gasteiger partial charge in [0.1, 0.15) is 5.75 Å². The maximum atomic E-state index is 13.3. The molecule has 2 N–H and O–H groups in total. The second-order valence-corrected chi connectivity index (χ2v) is 6.60. The lowest BCUT2D eigenvalue weighted by molar-refractivity contribution is -0.137. The monoisotopic (exact) mass is 425 g/mol. The molecule has 1 aliphatic heterocycles. The first-order chi connectivity index (χ1) is 18.1. The highest BCUT2D eigenvalue weighted by Crippen LogP contribution is 2.35. The van der Waals surface area contributed by atoms with Crippen LogP contribution in [0.25, 0.3) is 0 Å². The Bertz CT molecular complexity index is 1540. The largest absolute Gasteiger partial charge is 0.460 e. The predicted octanol–water partition coefficient (Wildman–Crippen LogP) is 3.02. The van der Waals surface area contributed by atoms with E-state index in [-0.39, 0.29) is 0 Å². The molecule has 1 aliphatic rings. The second-order valence-electron chi connectivity index (χ2n) is 5.03. The van der Waals surface area contributed by atoms with Crippen molar-refractivity contribution in [1.29, 1.82) is 0 Å². The van der Waals surface area contributed by atoms with Crippen molar-refractivity contribution < 1.29 is 51.8 Å². The van der Waals surface area contributed by atoms with E-state index in [1.165, 1.54) is 0 Å². The number of ether oxygens (including phenoxy) is 1. The fraction of sp³-hybridized carbons (Fsp3) is 0.167. The molecule has 0 aromatic heterocycles. The first-order valence-electron chi connectivity index (χ1n) is 12.9. The third-order valence-electron chi connectivity index (χ3n) is 3.02. The van der Waals surface area contributed by atoms with E-state index in [4.69, 9.17) is 21.3 Å². The molecule has 28 heavy (non-hydrogen) atoms. The number of rotatable bonds is 6. The van der Waals surface area contributed by atoms with Crippen LogP contribution < -0.4 is 5.72 Å². The molecule has 1 atom stereocenters. The zero-order valence-electron chi connectivity index (χ0n) is 25.2. The lowest BCUT2D eigenvalue weighted by atomic mass is 10.0. The Morgan fingerprint density at radius 2 is 1.82 bits per heavy atom. The summed E-state index contributed by atoms with van der Waals surface area (Å²) < 4.78 is 167. The number of carbonyl (C=O) groups excluding carboxylic acids is 1. The Hall–Kier alpha value is -3.01. The molecular weight excluding hydrogens is 399 g/mol. The van der Waals surface area contributed by atoms with Crippen LogP contribution in [0.1, 0.15) is 36.5 Å². The van der Waals surface area contributed by atoms with Crippen LogP contribution in [0, 0.1) is 0 Å². The van der Waals surface area contributed by atoms with Gasteiger partial charge in [-0.1, -0.05) is 42.3 Å². The minimum Gasteiger partial charge on any atom is -0.460 e. The molecule has 2 aromatic carbocycles. The summed E-state index contributed by atoms with van der Waals surface area (Å²) >= 11 is 0. The molecule has 0 saturated heterocycles. The van der Waals surface area contributed by atoms with Crippen LogP contribution in [0.2, 0.25) is 2.82 Å². The lowest BCUT2D eigenvalue weighted by Gasteiger charge is -2.12. The van der Waals surface area contributed by atoms with Crippen molar-refractivity contribution in [3.05, 3.63) is 82.7 Å². The lowest BCUT2D eigenvalue weighted by Crippen LogP contribution is -2.16. The molecule has 3 rings (SSSR count). The van der Waals surface area contributed by atoms with Crippen LogP contribution in [-0.2, 0) is 35.8 Å². The number of benzene rings is 2. The van der Waals surface area contributed by atoms with Gasteiger partial charge in [-0.25, -0.2) is 0 Å². The highest BCUT2D eigenvalue weighted by molar-refractivity contribution is 7.86. The van der Waals surface area contributed by atoms with E-state index in [9.17, 15) is 26.4 Å². The highest BCUT2D eigenvalue weighted by atomic mass is 32.2. The minimum atomic E-state index is -5.39. The van der Waals surface area contributed by atoms with Gasteiger partial charge in [-0.2, -0.15) is 21.6 Å². The quantitative estimate of drug-likeness (QED) is 0.715. The van der Waals surface area contributed by atoms with Crippen molar-refractivity contribution in [2.24, 2.45) is 5.72 Å². The van der Waals surface area contributed by atoms with Crippen molar-refractivity contribution in [1.82, 2.24) is 0 Å². The van der Waals surface area contributed by atoms with Gasteiger partial charge >= 0.3 is 16.3 Å². The average molecular weight is 425 g/mol. The molecule has 0 unspecified atom stereocenters. The molecule has 0 spiro atoms. The molecule has 0 radical (unpaired) electrons. The summed E-state index contributed by atoms with van der Waals surface area (Å²) in [6.45, 7) is 0. The van der Waals surface area contributed by atoms with Gasteiger partial charge in [-0.05, 0) is 17.6 Å². The average Bonchev–Trinajstić information content (AvgIpc) is 3.08. The first-order valence-corrected chi connectivity index (χ1v) is 8.58. The number of halogens is 3. The molecule has 1 heterocycles. The van der Waals surface area contributed by atoms with E-state index in [1.54, 1.807) is 0 Å². The number of nitrogens with two attached hydrogens (primary N) is 1. The Morgan fingerprint density at radius 1 is 1.18 bits per heavy atom. The molecule has 0 fully saturated rings. The summed E-state index contributed by atoms with van der Waals surface area (Å²) in [7, 11) is -5.22. The van der Waals surface area contributed by atoms with Gasteiger partial charge in [0, 0.05) is 5.56 Å². The molecule has 0 saturated carbocycles. The molecule has 0 bridgehead atoms. The summed E-state index contributed by atoms with van der Waals surface area (Å²) in [5.74, 6) is -6.50. The Kier molecular flexibility index (Phi) is 2.43.